The molecular weight excluding hydrogens is 466 g/mol. The van der Waals surface area contributed by atoms with Gasteiger partial charge in [-0.3, -0.25) is 0 Å². The minimum absolute atomic E-state index is 0.0601. The number of carbonyl (C=O) groups is 2. The maximum Gasteiger partial charge on any atom is 0.343 e. The Bertz CT molecular complexity index is 1270. The van der Waals surface area contributed by atoms with Gasteiger partial charge in [0.15, 0.2) is 11.5 Å². The quantitative estimate of drug-likeness (QED) is 0.249. The topological polar surface area (TPSA) is 72.8 Å². The van der Waals surface area contributed by atoms with Crippen LogP contribution in [0, 0.1) is 13.8 Å². The van der Waals surface area contributed by atoms with Crippen LogP contribution in [-0.4, -0.2) is 47.7 Å². The second-order valence-corrected chi connectivity index (χ2v) is 11.5. The molecule has 3 aromatic rings. The number of ether oxygens (including phenoxy) is 2. The zero-order valence-corrected chi connectivity index (χ0v) is 23.1. The van der Waals surface area contributed by atoms with Crippen molar-refractivity contribution >= 4 is 11.9 Å². The van der Waals surface area contributed by atoms with Crippen LogP contribution in [-0.2, 0) is 5.60 Å². The normalized spacial score (nSPS) is 13.5. The molecule has 1 atom stereocenters. The fourth-order valence-electron chi connectivity index (χ4n) is 3.80. The number of nitrogens with zero attached hydrogens (tertiary/aromatic N) is 1. The van der Waals surface area contributed by atoms with E-state index in [-0.39, 0.29) is 17.0 Å². The first-order valence-electron chi connectivity index (χ1n) is 12.4. The molecular formula is C31H38NO5+. The molecule has 0 heterocycles. The molecule has 1 N–H and O–H groups in total. The average Bonchev–Trinajstić information content (AvgIpc) is 2.79. The molecule has 6 nitrogen and oxygen atoms in total. The average molecular weight is 505 g/mol. The number of hydrogen-bond acceptors (Lipinski definition) is 5. The van der Waals surface area contributed by atoms with Crippen molar-refractivity contribution in [3.05, 3.63) is 94.5 Å². The summed E-state index contributed by atoms with van der Waals surface area (Å²) in [5, 5.41) is 11.5. The van der Waals surface area contributed by atoms with Crippen LogP contribution in [0.2, 0.25) is 0 Å². The molecule has 0 amide bonds. The second kappa shape index (κ2) is 10.5. The predicted octanol–water partition coefficient (Wildman–Crippen LogP) is 5.82. The van der Waals surface area contributed by atoms with Gasteiger partial charge >= 0.3 is 11.9 Å². The number of benzene rings is 3. The number of likely N-dealkylation sites (N-methyl/N-ethyl adjacent to an activating group) is 1. The highest BCUT2D eigenvalue weighted by molar-refractivity contribution is 5.93. The van der Waals surface area contributed by atoms with Gasteiger partial charge in [-0.05, 0) is 83.5 Å². The number of carbonyl (C=O) groups excluding carboxylic acids is 2. The first kappa shape index (κ1) is 28.1. The maximum absolute atomic E-state index is 13.0. The van der Waals surface area contributed by atoms with Crippen LogP contribution in [0.4, 0.5) is 0 Å². The molecule has 0 aliphatic rings. The number of aryl methyl sites for hydroxylation is 2. The highest BCUT2D eigenvalue weighted by atomic mass is 16.6. The van der Waals surface area contributed by atoms with Gasteiger partial charge in [-0.2, -0.15) is 0 Å². The number of quaternary nitrogens is 1. The van der Waals surface area contributed by atoms with Gasteiger partial charge in [0.2, 0.25) is 0 Å². The van der Waals surface area contributed by atoms with Crippen LogP contribution < -0.4 is 9.47 Å². The van der Waals surface area contributed by atoms with Crippen molar-refractivity contribution in [1.82, 2.24) is 0 Å². The van der Waals surface area contributed by atoms with Crippen molar-refractivity contribution in [3.63, 3.8) is 0 Å². The third-order valence-electron chi connectivity index (χ3n) is 7.06. The molecule has 196 valence electrons. The first-order chi connectivity index (χ1) is 17.1. The van der Waals surface area contributed by atoms with Crippen LogP contribution in [0.25, 0.3) is 0 Å². The van der Waals surface area contributed by atoms with Gasteiger partial charge in [0.25, 0.3) is 0 Å². The summed E-state index contributed by atoms with van der Waals surface area (Å²) < 4.78 is 11.9. The predicted molar refractivity (Wildman–Crippen MR) is 145 cm³/mol. The summed E-state index contributed by atoms with van der Waals surface area (Å²) in [6.45, 7) is 12.4. The Labute approximate surface area is 220 Å². The monoisotopic (exact) mass is 504 g/mol. The number of hydrogen-bond donors (Lipinski definition) is 1. The molecule has 0 aromatic heterocycles. The number of aliphatic hydroxyl groups is 1. The van der Waals surface area contributed by atoms with E-state index in [2.05, 4.69) is 34.9 Å². The molecule has 0 saturated heterocycles. The highest BCUT2D eigenvalue weighted by Gasteiger charge is 2.40. The maximum atomic E-state index is 13.0. The Balaban J connectivity index is 1.98. The van der Waals surface area contributed by atoms with Crippen LogP contribution in [0.15, 0.2) is 66.7 Å². The van der Waals surface area contributed by atoms with E-state index >= 15 is 0 Å². The van der Waals surface area contributed by atoms with E-state index in [4.69, 9.17) is 9.47 Å². The second-order valence-electron chi connectivity index (χ2n) is 11.5. The summed E-state index contributed by atoms with van der Waals surface area (Å²) in [6, 6.07) is 18.8. The summed E-state index contributed by atoms with van der Waals surface area (Å²) in [5.41, 5.74) is 1.96. The zero-order chi connectivity index (χ0) is 27.6. The van der Waals surface area contributed by atoms with Gasteiger partial charge in [-0.15, -0.1) is 0 Å². The third kappa shape index (κ3) is 6.85. The lowest BCUT2D eigenvalue weighted by Gasteiger charge is -2.46. The Morgan fingerprint density at radius 1 is 0.730 bits per heavy atom. The molecule has 0 saturated carbocycles. The molecule has 37 heavy (non-hydrogen) atoms. The lowest BCUT2D eigenvalue weighted by Crippen LogP contribution is -2.59. The van der Waals surface area contributed by atoms with Gasteiger partial charge in [0.05, 0.1) is 30.8 Å². The SMILES string of the molecule is Cc1ccc(C(=O)Oc2ccc(C(C)(O)C[N+](C)(C)C(C)(C)C)cc2OC(=O)c2ccc(C)cc2)cc1. The lowest BCUT2D eigenvalue weighted by molar-refractivity contribution is -0.941. The molecule has 0 aliphatic carbocycles. The van der Waals surface area contributed by atoms with E-state index in [9.17, 15) is 14.7 Å². The molecule has 6 heteroatoms. The Morgan fingerprint density at radius 2 is 1.16 bits per heavy atom. The van der Waals surface area contributed by atoms with E-state index in [1.807, 2.05) is 38.1 Å². The van der Waals surface area contributed by atoms with Gasteiger partial charge in [-0.1, -0.05) is 41.5 Å². The number of esters is 2. The molecule has 3 aromatic carbocycles. The Morgan fingerprint density at radius 3 is 1.59 bits per heavy atom. The van der Waals surface area contributed by atoms with Crippen LogP contribution in [0.1, 0.15) is 65.1 Å². The molecule has 0 radical (unpaired) electrons. The summed E-state index contributed by atoms with van der Waals surface area (Å²) in [5.74, 6) is -1.01. The van der Waals surface area contributed by atoms with Gasteiger partial charge in [-0.25, -0.2) is 9.59 Å². The van der Waals surface area contributed by atoms with E-state index in [0.717, 1.165) is 11.1 Å². The summed E-state index contributed by atoms with van der Waals surface area (Å²) in [7, 11) is 4.12. The fraction of sp³-hybridized carbons (Fsp3) is 0.355. The van der Waals surface area contributed by atoms with Gasteiger partial charge in [0, 0.05) is 0 Å². The van der Waals surface area contributed by atoms with Crippen LogP contribution in [0.3, 0.4) is 0 Å². The van der Waals surface area contributed by atoms with Crippen molar-refractivity contribution in [2.75, 3.05) is 20.6 Å². The van der Waals surface area contributed by atoms with Crippen LogP contribution >= 0.6 is 0 Å². The Kier molecular flexibility index (Phi) is 7.96. The van der Waals surface area contributed by atoms with Crippen molar-refractivity contribution in [2.45, 2.75) is 52.7 Å². The minimum Gasteiger partial charge on any atom is -0.419 e. The number of rotatable bonds is 7. The zero-order valence-electron chi connectivity index (χ0n) is 23.1. The largest absolute Gasteiger partial charge is 0.419 e. The lowest BCUT2D eigenvalue weighted by atomic mass is 9.91. The van der Waals surface area contributed by atoms with Crippen molar-refractivity contribution in [2.24, 2.45) is 0 Å². The molecule has 0 bridgehead atoms. The summed E-state index contributed by atoms with van der Waals surface area (Å²) in [6.07, 6.45) is 0. The standard InChI is InChI=1S/C31H38NO5/c1-21-9-13-23(14-10-21)28(33)36-26-18-17-25(31(6,35)20-32(7,8)30(3,4)5)19-27(26)37-29(34)24-15-11-22(2)12-16-24/h9-19,35H,20H2,1-8H3/q+1. The smallest absolute Gasteiger partial charge is 0.343 e. The Hall–Kier alpha value is -3.48. The fourth-order valence-corrected chi connectivity index (χ4v) is 3.80. The van der Waals surface area contributed by atoms with E-state index in [1.54, 1.807) is 49.4 Å². The van der Waals surface area contributed by atoms with Crippen molar-refractivity contribution in [1.29, 1.82) is 0 Å². The third-order valence-corrected chi connectivity index (χ3v) is 7.06. The highest BCUT2D eigenvalue weighted by Crippen LogP contribution is 2.36. The van der Waals surface area contributed by atoms with Crippen LogP contribution in [0.5, 0.6) is 11.5 Å². The van der Waals surface area contributed by atoms with Crippen molar-refractivity contribution in [3.8, 4) is 11.5 Å². The summed E-state index contributed by atoms with van der Waals surface area (Å²) in [4.78, 5) is 25.8. The molecule has 3 rings (SSSR count). The molecule has 0 spiro atoms. The first-order valence-corrected chi connectivity index (χ1v) is 12.4. The molecule has 0 fully saturated rings. The van der Waals surface area contributed by atoms with Crippen molar-refractivity contribution < 1.29 is 28.7 Å². The molecule has 0 aliphatic heterocycles. The van der Waals surface area contributed by atoms with E-state index in [0.29, 0.717) is 27.7 Å². The minimum atomic E-state index is -1.25. The van der Waals surface area contributed by atoms with Gasteiger partial charge in [0.1, 0.15) is 12.1 Å². The van der Waals surface area contributed by atoms with E-state index in [1.165, 1.54) is 0 Å². The molecule has 1 unspecified atom stereocenters. The van der Waals surface area contributed by atoms with E-state index < -0.39 is 17.5 Å². The van der Waals surface area contributed by atoms with Gasteiger partial charge < -0.3 is 19.1 Å². The summed E-state index contributed by atoms with van der Waals surface area (Å²) >= 11 is 0.